The third-order valence-corrected chi connectivity index (χ3v) is 8.04. The SMILES string of the molecule is N#Cc1ccc(S(=O)(=O)N2CCC(C(=O)N[C@@H]3CCCc4ccccc43)CC2)cc1. The molecule has 7 heteroatoms. The van der Waals surface area contributed by atoms with Gasteiger partial charge in [-0.15, -0.1) is 0 Å². The number of carbonyl (C=O) groups is 1. The Morgan fingerprint density at radius 3 is 2.43 bits per heavy atom. The maximum Gasteiger partial charge on any atom is 0.243 e. The summed E-state index contributed by atoms with van der Waals surface area (Å²) in [4.78, 5) is 13.0. The second-order valence-corrected chi connectivity index (χ2v) is 9.90. The van der Waals surface area contributed by atoms with Gasteiger partial charge in [-0.25, -0.2) is 8.42 Å². The van der Waals surface area contributed by atoms with Crippen LogP contribution in [0.25, 0.3) is 0 Å². The Hall–Kier alpha value is -2.69. The van der Waals surface area contributed by atoms with Crippen molar-refractivity contribution in [3.8, 4) is 6.07 Å². The molecule has 1 fully saturated rings. The second kappa shape index (κ2) is 8.58. The molecule has 30 heavy (non-hydrogen) atoms. The van der Waals surface area contributed by atoms with Crippen molar-refractivity contribution in [1.82, 2.24) is 9.62 Å². The molecule has 0 unspecified atom stereocenters. The van der Waals surface area contributed by atoms with Crippen molar-refractivity contribution >= 4 is 15.9 Å². The molecule has 1 aliphatic carbocycles. The summed E-state index contributed by atoms with van der Waals surface area (Å²) in [5.74, 6) is -0.154. The zero-order valence-corrected chi connectivity index (χ0v) is 17.6. The number of rotatable bonds is 4. The third kappa shape index (κ3) is 4.11. The average Bonchev–Trinajstić information content (AvgIpc) is 2.79. The first-order valence-electron chi connectivity index (χ1n) is 10.4. The van der Waals surface area contributed by atoms with Crippen molar-refractivity contribution in [2.45, 2.75) is 43.0 Å². The van der Waals surface area contributed by atoms with Gasteiger partial charge in [-0.05, 0) is 67.5 Å². The number of nitriles is 1. The lowest BCUT2D eigenvalue weighted by molar-refractivity contribution is -0.127. The monoisotopic (exact) mass is 423 g/mol. The number of nitrogens with zero attached hydrogens (tertiary/aromatic N) is 2. The Morgan fingerprint density at radius 2 is 1.73 bits per heavy atom. The number of carbonyl (C=O) groups excluding carboxylic acids is 1. The predicted octanol–water partition coefficient (Wildman–Crippen LogP) is 3.15. The molecule has 0 aromatic heterocycles. The lowest BCUT2D eigenvalue weighted by Crippen LogP contribution is -2.44. The number of piperidine rings is 1. The van der Waals surface area contributed by atoms with Gasteiger partial charge in [0.05, 0.1) is 22.6 Å². The number of nitrogens with one attached hydrogen (secondary N) is 1. The maximum absolute atomic E-state index is 12.9. The van der Waals surface area contributed by atoms with Crippen molar-refractivity contribution in [2.75, 3.05) is 13.1 Å². The molecule has 1 aliphatic heterocycles. The highest BCUT2D eigenvalue weighted by molar-refractivity contribution is 7.89. The van der Waals surface area contributed by atoms with Crippen LogP contribution in [0.5, 0.6) is 0 Å². The smallest absolute Gasteiger partial charge is 0.243 e. The summed E-state index contributed by atoms with van der Waals surface area (Å²) in [6.07, 6.45) is 4.07. The van der Waals surface area contributed by atoms with Crippen molar-refractivity contribution in [3.63, 3.8) is 0 Å². The molecule has 1 heterocycles. The van der Waals surface area contributed by atoms with Gasteiger partial charge in [0.15, 0.2) is 0 Å². The van der Waals surface area contributed by atoms with Crippen LogP contribution in [-0.2, 0) is 21.2 Å². The molecule has 0 spiro atoms. The van der Waals surface area contributed by atoms with E-state index in [9.17, 15) is 13.2 Å². The number of hydrogen-bond acceptors (Lipinski definition) is 4. The van der Waals surface area contributed by atoms with E-state index in [1.54, 1.807) is 0 Å². The molecule has 4 rings (SSSR count). The van der Waals surface area contributed by atoms with Crippen LogP contribution >= 0.6 is 0 Å². The van der Waals surface area contributed by atoms with Gasteiger partial charge in [0.2, 0.25) is 15.9 Å². The van der Waals surface area contributed by atoms with E-state index in [4.69, 9.17) is 5.26 Å². The van der Waals surface area contributed by atoms with E-state index < -0.39 is 10.0 Å². The minimum Gasteiger partial charge on any atom is -0.349 e. The first kappa shape index (κ1) is 20.6. The van der Waals surface area contributed by atoms with Crippen LogP contribution in [0.2, 0.25) is 0 Å². The van der Waals surface area contributed by atoms with Gasteiger partial charge in [-0.3, -0.25) is 4.79 Å². The van der Waals surface area contributed by atoms with Gasteiger partial charge in [0, 0.05) is 19.0 Å². The van der Waals surface area contributed by atoms with E-state index in [0.717, 1.165) is 19.3 Å². The summed E-state index contributed by atoms with van der Waals surface area (Å²) in [6.45, 7) is 0.642. The molecule has 6 nitrogen and oxygen atoms in total. The molecule has 0 radical (unpaired) electrons. The van der Waals surface area contributed by atoms with Crippen LogP contribution in [0.3, 0.4) is 0 Å². The largest absolute Gasteiger partial charge is 0.349 e. The number of benzene rings is 2. The number of hydrogen-bond donors (Lipinski definition) is 1. The highest BCUT2D eigenvalue weighted by atomic mass is 32.2. The van der Waals surface area contributed by atoms with Crippen molar-refractivity contribution in [3.05, 3.63) is 65.2 Å². The number of amides is 1. The van der Waals surface area contributed by atoms with Gasteiger partial charge in [0.25, 0.3) is 0 Å². The van der Waals surface area contributed by atoms with E-state index in [2.05, 4.69) is 17.4 Å². The molecule has 2 aliphatic rings. The van der Waals surface area contributed by atoms with Gasteiger partial charge < -0.3 is 5.32 Å². The molecule has 1 atom stereocenters. The van der Waals surface area contributed by atoms with Crippen molar-refractivity contribution < 1.29 is 13.2 Å². The Bertz CT molecular complexity index is 1070. The summed E-state index contributed by atoms with van der Waals surface area (Å²) in [7, 11) is -3.61. The molecular formula is C23H25N3O3S. The molecule has 156 valence electrons. The molecule has 2 aromatic carbocycles. The zero-order chi connectivity index (χ0) is 21.1. The first-order valence-corrected chi connectivity index (χ1v) is 11.8. The van der Waals surface area contributed by atoms with Crippen molar-refractivity contribution in [1.29, 1.82) is 5.26 Å². The van der Waals surface area contributed by atoms with E-state index in [1.807, 2.05) is 18.2 Å². The number of fused-ring (bicyclic) bond motifs is 1. The topological polar surface area (TPSA) is 90.3 Å². The summed E-state index contributed by atoms with van der Waals surface area (Å²) in [5, 5.41) is 12.1. The average molecular weight is 424 g/mol. The van der Waals surface area contributed by atoms with Crippen LogP contribution in [-0.4, -0.2) is 31.7 Å². The van der Waals surface area contributed by atoms with E-state index >= 15 is 0 Å². The maximum atomic E-state index is 12.9. The van der Waals surface area contributed by atoms with Crippen LogP contribution in [0.1, 0.15) is 48.4 Å². The Morgan fingerprint density at radius 1 is 1.03 bits per heavy atom. The van der Waals surface area contributed by atoms with Crippen LogP contribution in [0, 0.1) is 17.2 Å². The van der Waals surface area contributed by atoms with E-state index in [1.165, 1.54) is 39.7 Å². The molecule has 1 N–H and O–H groups in total. The quantitative estimate of drug-likeness (QED) is 0.818. The summed E-state index contributed by atoms with van der Waals surface area (Å²) in [5.41, 5.74) is 2.93. The fourth-order valence-corrected chi connectivity index (χ4v) is 5.87. The summed E-state index contributed by atoms with van der Waals surface area (Å²) >= 11 is 0. The lowest BCUT2D eigenvalue weighted by Gasteiger charge is -2.32. The van der Waals surface area contributed by atoms with Crippen molar-refractivity contribution in [2.24, 2.45) is 5.92 Å². The molecule has 1 saturated heterocycles. The molecule has 1 amide bonds. The van der Waals surface area contributed by atoms with E-state index in [0.29, 0.717) is 31.5 Å². The van der Waals surface area contributed by atoms with E-state index in [-0.39, 0.29) is 22.8 Å². The lowest BCUT2D eigenvalue weighted by atomic mass is 9.87. The number of aryl methyl sites for hydroxylation is 1. The van der Waals surface area contributed by atoms with Gasteiger partial charge in [0.1, 0.15) is 0 Å². The molecular weight excluding hydrogens is 398 g/mol. The number of sulfonamides is 1. The summed E-state index contributed by atoms with van der Waals surface area (Å²) < 4.78 is 27.2. The minimum atomic E-state index is -3.61. The van der Waals surface area contributed by atoms with Gasteiger partial charge in [-0.2, -0.15) is 9.57 Å². The molecule has 0 saturated carbocycles. The van der Waals surface area contributed by atoms with Gasteiger partial charge in [-0.1, -0.05) is 24.3 Å². The molecule has 0 bridgehead atoms. The predicted molar refractivity (Wildman–Crippen MR) is 113 cm³/mol. The standard InChI is InChI=1S/C23H25N3O3S/c24-16-17-8-10-20(11-9-17)30(28,29)26-14-12-19(13-15-26)23(27)25-22-7-3-5-18-4-1-2-6-21(18)22/h1-2,4,6,8-11,19,22H,3,5,7,12-15H2,(H,25,27)/t22-/m1/s1. The summed E-state index contributed by atoms with van der Waals surface area (Å²) in [6, 6.07) is 16.2. The second-order valence-electron chi connectivity index (χ2n) is 7.97. The third-order valence-electron chi connectivity index (χ3n) is 6.13. The van der Waals surface area contributed by atoms with Crippen LogP contribution in [0.15, 0.2) is 53.4 Å². The normalized spacial score (nSPS) is 20.2. The van der Waals surface area contributed by atoms with Crippen LogP contribution in [0.4, 0.5) is 0 Å². The highest BCUT2D eigenvalue weighted by Crippen LogP contribution is 2.31. The Labute approximate surface area is 177 Å². The van der Waals surface area contributed by atoms with Crippen LogP contribution < -0.4 is 5.32 Å². The fourth-order valence-electron chi connectivity index (χ4n) is 4.40. The minimum absolute atomic E-state index is 0.0205. The highest BCUT2D eigenvalue weighted by Gasteiger charge is 2.33. The fraction of sp³-hybridized carbons (Fsp3) is 0.391. The molecule has 2 aromatic rings. The first-order chi connectivity index (χ1) is 14.5. The van der Waals surface area contributed by atoms with Gasteiger partial charge >= 0.3 is 0 Å². The Kier molecular flexibility index (Phi) is 5.89. The Balaban J connectivity index is 1.37. The zero-order valence-electron chi connectivity index (χ0n) is 16.8.